The molecule has 1 atom stereocenters. The van der Waals surface area contributed by atoms with Crippen LogP contribution in [0.5, 0.6) is 0 Å². The van der Waals surface area contributed by atoms with Crippen molar-refractivity contribution in [3.8, 4) is 0 Å². The van der Waals surface area contributed by atoms with Crippen LogP contribution in [0.4, 0.5) is 0 Å². The Kier molecular flexibility index (Phi) is 8.15. The molecule has 0 aromatic rings. The van der Waals surface area contributed by atoms with Crippen LogP contribution in [0.25, 0.3) is 0 Å². The lowest BCUT2D eigenvalue weighted by molar-refractivity contribution is -0.140. The van der Waals surface area contributed by atoms with Gasteiger partial charge in [0.05, 0.1) is 0 Å². The van der Waals surface area contributed by atoms with Gasteiger partial charge in [0.2, 0.25) is 0 Å². The van der Waals surface area contributed by atoms with E-state index in [1.807, 2.05) is 0 Å². The molecule has 0 aliphatic heterocycles. The highest BCUT2D eigenvalue weighted by atomic mass is 16.4. The van der Waals surface area contributed by atoms with Gasteiger partial charge in [-0.15, -0.1) is 0 Å². The molecule has 0 amide bonds. The Morgan fingerprint density at radius 3 is 2.50 bits per heavy atom. The summed E-state index contributed by atoms with van der Waals surface area (Å²) in [7, 11) is 0. The monoisotopic (exact) mass is 284 g/mol. The molecule has 0 radical (unpaired) electrons. The lowest BCUT2D eigenvalue weighted by Crippen LogP contribution is -2.49. The molecule has 1 rings (SSSR count). The molecule has 1 fully saturated rings. The highest BCUT2D eigenvalue weighted by molar-refractivity contribution is 5.73. The molecule has 4 nitrogen and oxygen atoms in total. The first-order chi connectivity index (χ1) is 9.54. The average molecular weight is 284 g/mol. The second-order valence-electron chi connectivity index (χ2n) is 6.46. The number of carboxylic acid groups (broad SMARTS) is 1. The summed E-state index contributed by atoms with van der Waals surface area (Å²) in [6, 6.07) is 0.168. The molecule has 1 aliphatic rings. The third kappa shape index (κ3) is 6.23. The molecule has 4 heteroatoms. The first kappa shape index (κ1) is 17.4. The van der Waals surface area contributed by atoms with Crippen LogP contribution in [0.1, 0.15) is 59.3 Å². The zero-order chi connectivity index (χ0) is 15.0. The van der Waals surface area contributed by atoms with Gasteiger partial charge in [0.25, 0.3) is 0 Å². The maximum absolute atomic E-state index is 11.4. The van der Waals surface area contributed by atoms with Gasteiger partial charge >= 0.3 is 5.97 Å². The zero-order valence-electron chi connectivity index (χ0n) is 13.4. The highest BCUT2D eigenvalue weighted by Gasteiger charge is 2.27. The van der Waals surface area contributed by atoms with E-state index in [0.29, 0.717) is 18.5 Å². The molecule has 0 spiro atoms. The number of hydrogen-bond donors (Lipinski definition) is 2. The van der Waals surface area contributed by atoms with Gasteiger partial charge in [0.15, 0.2) is 0 Å². The standard InChI is InChI=1S/C16H32N2O2/c1-4-10-17-15(16(19)20)12-18(11-9-13(2)3)14-7-5-6-8-14/h13-15,17H,4-12H2,1-3H3,(H,19,20). The van der Waals surface area contributed by atoms with Crippen molar-refractivity contribution in [1.82, 2.24) is 10.2 Å². The normalized spacial score (nSPS) is 18.1. The predicted molar refractivity (Wildman–Crippen MR) is 83.0 cm³/mol. The van der Waals surface area contributed by atoms with Crippen LogP contribution >= 0.6 is 0 Å². The van der Waals surface area contributed by atoms with Crippen molar-refractivity contribution >= 4 is 5.97 Å². The largest absolute Gasteiger partial charge is 0.480 e. The molecule has 0 saturated heterocycles. The van der Waals surface area contributed by atoms with E-state index in [4.69, 9.17) is 0 Å². The smallest absolute Gasteiger partial charge is 0.322 e. The van der Waals surface area contributed by atoms with Crippen LogP contribution in [0.3, 0.4) is 0 Å². The summed E-state index contributed by atoms with van der Waals surface area (Å²) in [6.45, 7) is 8.99. The van der Waals surface area contributed by atoms with Gasteiger partial charge in [0, 0.05) is 12.6 Å². The van der Waals surface area contributed by atoms with Gasteiger partial charge in [-0.2, -0.15) is 0 Å². The molecule has 2 N–H and O–H groups in total. The van der Waals surface area contributed by atoms with E-state index in [2.05, 4.69) is 31.0 Å². The van der Waals surface area contributed by atoms with Gasteiger partial charge in [-0.25, -0.2) is 0 Å². The number of hydrogen-bond acceptors (Lipinski definition) is 3. The summed E-state index contributed by atoms with van der Waals surface area (Å²) in [6.07, 6.45) is 7.18. The fourth-order valence-electron chi connectivity index (χ4n) is 2.90. The van der Waals surface area contributed by atoms with Crippen molar-refractivity contribution in [2.45, 2.75) is 71.4 Å². The van der Waals surface area contributed by atoms with Gasteiger partial charge in [0.1, 0.15) is 6.04 Å². The SMILES string of the molecule is CCCNC(CN(CCC(C)C)C1CCCC1)C(=O)O. The van der Waals surface area contributed by atoms with Crippen LogP contribution in [-0.4, -0.2) is 47.7 Å². The summed E-state index contributed by atoms with van der Waals surface area (Å²) in [4.78, 5) is 13.8. The van der Waals surface area contributed by atoms with Crippen LogP contribution in [0, 0.1) is 5.92 Å². The predicted octanol–water partition coefficient (Wildman–Crippen LogP) is 2.73. The number of rotatable bonds is 10. The van der Waals surface area contributed by atoms with Crippen molar-refractivity contribution in [2.75, 3.05) is 19.6 Å². The minimum Gasteiger partial charge on any atom is -0.480 e. The molecule has 1 saturated carbocycles. The molecule has 118 valence electrons. The number of aliphatic carboxylic acids is 1. The van der Waals surface area contributed by atoms with Crippen LogP contribution < -0.4 is 5.32 Å². The zero-order valence-corrected chi connectivity index (χ0v) is 13.4. The molecule has 0 aromatic heterocycles. The van der Waals surface area contributed by atoms with E-state index in [9.17, 15) is 9.90 Å². The lowest BCUT2D eigenvalue weighted by atomic mass is 10.1. The lowest BCUT2D eigenvalue weighted by Gasteiger charge is -2.32. The molecule has 0 aromatic carbocycles. The first-order valence-corrected chi connectivity index (χ1v) is 8.24. The van der Waals surface area contributed by atoms with E-state index in [0.717, 1.165) is 25.9 Å². The highest BCUT2D eigenvalue weighted by Crippen LogP contribution is 2.24. The molecular formula is C16H32N2O2. The van der Waals surface area contributed by atoms with Gasteiger partial charge in [-0.1, -0.05) is 33.6 Å². The summed E-state index contributed by atoms with van der Waals surface area (Å²) < 4.78 is 0. The minimum atomic E-state index is -0.717. The van der Waals surface area contributed by atoms with Gasteiger partial charge in [-0.3, -0.25) is 9.69 Å². The quantitative estimate of drug-likeness (QED) is 0.647. The Morgan fingerprint density at radius 2 is 2.00 bits per heavy atom. The topological polar surface area (TPSA) is 52.6 Å². The Labute approximate surface area is 123 Å². The fraction of sp³-hybridized carbons (Fsp3) is 0.938. The Morgan fingerprint density at radius 1 is 1.35 bits per heavy atom. The van der Waals surface area contributed by atoms with E-state index >= 15 is 0 Å². The molecule has 1 aliphatic carbocycles. The number of nitrogens with zero attached hydrogens (tertiary/aromatic N) is 1. The van der Waals surface area contributed by atoms with Crippen molar-refractivity contribution in [2.24, 2.45) is 5.92 Å². The summed E-state index contributed by atoms with van der Waals surface area (Å²) >= 11 is 0. The van der Waals surface area contributed by atoms with Crippen molar-refractivity contribution in [3.63, 3.8) is 0 Å². The van der Waals surface area contributed by atoms with Crippen molar-refractivity contribution in [1.29, 1.82) is 0 Å². The average Bonchev–Trinajstić information content (AvgIpc) is 2.91. The molecule has 20 heavy (non-hydrogen) atoms. The Bertz CT molecular complexity index is 276. The second kappa shape index (κ2) is 9.35. The third-order valence-electron chi connectivity index (χ3n) is 4.19. The van der Waals surface area contributed by atoms with Gasteiger partial charge < -0.3 is 10.4 Å². The maximum atomic E-state index is 11.4. The molecular weight excluding hydrogens is 252 g/mol. The number of carbonyl (C=O) groups is 1. The summed E-state index contributed by atoms with van der Waals surface area (Å²) in [5, 5.41) is 12.5. The van der Waals surface area contributed by atoms with E-state index in [1.165, 1.54) is 25.7 Å². The number of nitrogens with one attached hydrogen (secondary N) is 1. The second-order valence-corrected chi connectivity index (χ2v) is 6.46. The van der Waals surface area contributed by atoms with Crippen LogP contribution in [0.2, 0.25) is 0 Å². The van der Waals surface area contributed by atoms with E-state index in [1.54, 1.807) is 0 Å². The molecule has 1 unspecified atom stereocenters. The number of carboxylic acids is 1. The van der Waals surface area contributed by atoms with Crippen LogP contribution in [-0.2, 0) is 4.79 Å². The van der Waals surface area contributed by atoms with Gasteiger partial charge in [-0.05, 0) is 44.7 Å². The van der Waals surface area contributed by atoms with Crippen molar-refractivity contribution < 1.29 is 9.90 Å². The minimum absolute atomic E-state index is 0.428. The van der Waals surface area contributed by atoms with E-state index < -0.39 is 12.0 Å². The fourth-order valence-corrected chi connectivity index (χ4v) is 2.90. The maximum Gasteiger partial charge on any atom is 0.322 e. The molecule has 0 bridgehead atoms. The molecule has 0 heterocycles. The Balaban J connectivity index is 2.57. The first-order valence-electron chi connectivity index (χ1n) is 8.24. The van der Waals surface area contributed by atoms with Crippen molar-refractivity contribution in [3.05, 3.63) is 0 Å². The third-order valence-corrected chi connectivity index (χ3v) is 4.19. The summed E-state index contributed by atoms with van der Waals surface area (Å²) in [5.74, 6) is -0.0447. The van der Waals surface area contributed by atoms with Crippen LogP contribution in [0.15, 0.2) is 0 Å². The van der Waals surface area contributed by atoms with E-state index in [-0.39, 0.29) is 0 Å². The summed E-state index contributed by atoms with van der Waals surface area (Å²) in [5.41, 5.74) is 0. The Hall–Kier alpha value is -0.610.